The van der Waals surface area contributed by atoms with E-state index in [-0.39, 0.29) is 10.8 Å². The predicted octanol–water partition coefficient (Wildman–Crippen LogP) is 24.4. The lowest BCUT2D eigenvalue weighted by molar-refractivity contribution is 0.388. The fraction of sp³-hybridized carbons (Fsp3) is 0.520. The third-order valence-electron chi connectivity index (χ3n) is 19.4. The van der Waals surface area contributed by atoms with Crippen LogP contribution in [-0.4, -0.2) is 0 Å². The highest BCUT2D eigenvalue weighted by Crippen LogP contribution is 2.57. The largest absolute Gasteiger partial charge is 0.310 e. The van der Waals surface area contributed by atoms with Gasteiger partial charge in [-0.15, -0.1) is 0 Å². The van der Waals surface area contributed by atoms with Gasteiger partial charge in [0.1, 0.15) is 0 Å². The SMILES string of the molecule is CCCCCCCCC1(CCCCCCCC)c2cc(N(c3ccc(C(C)CC)cc3)c3ccc(C(CC)C(CC)CC)cc3)ccc2-c2ccc(N(c3ccc(C(C)CC)cc3)c3ccc(C(C)(CC)CC)cc3)cc21. The maximum absolute atomic E-state index is 2.67. The summed E-state index contributed by atoms with van der Waals surface area (Å²) in [6.07, 6.45) is 26.0. The molecule has 77 heavy (non-hydrogen) atoms. The lowest BCUT2D eigenvalue weighted by Gasteiger charge is -2.35. The van der Waals surface area contributed by atoms with Crippen LogP contribution < -0.4 is 9.80 Å². The average molecular weight is 1030 g/mol. The maximum Gasteiger partial charge on any atom is 0.0465 e. The van der Waals surface area contributed by atoms with Gasteiger partial charge in [-0.25, -0.2) is 0 Å². The monoisotopic (exact) mass is 1030 g/mol. The molecule has 0 aliphatic heterocycles. The summed E-state index contributed by atoms with van der Waals surface area (Å²) in [5.41, 5.74) is 19.1. The van der Waals surface area contributed by atoms with E-state index in [1.807, 2.05) is 0 Å². The molecule has 0 N–H and O–H groups in total. The third-order valence-corrected chi connectivity index (χ3v) is 19.4. The van der Waals surface area contributed by atoms with Crippen molar-refractivity contribution in [2.24, 2.45) is 5.92 Å². The Balaban J connectivity index is 1.43. The van der Waals surface area contributed by atoms with Crippen molar-refractivity contribution in [3.05, 3.63) is 167 Å². The first-order chi connectivity index (χ1) is 37.5. The van der Waals surface area contributed by atoms with E-state index in [0.29, 0.717) is 23.7 Å². The summed E-state index contributed by atoms with van der Waals surface area (Å²) in [4.78, 5) is 5.14. The molecule has 0 amide bonds. The molecule has 0 spiro atoms. The predicted molar refractivity (Wildman–Crippen MR) is 340 cm³/mol. The molecule has 0 bridgehead atoms. The second-order valence-corrected chi connectivity index (χ2v) is 24.0. The van der Waals surface area contributed by atoms with E-state index in [2.05, 4.69) is 226 Å². The Morgan fingerprint density at radius 2 is 0.727 bits per heavy atom. The molecule has 6 aromatic rings. The summed E-state index contributed by atoms with van der Waals surface area (Å²) in [6.45, 7) is 28.3. The molecule has 0 heterocycles. The zero-order valence-electron chi connectivity index (χ0n) is 50.8. The van der Waals surface area contributed by atoms with Crippen LogP contribution in [0.3, 0.4) is 0 Å². The van der Waals surface area contributed by atoms with Crippen molar-refractivity contribution in [1.82, 2.24) is 0 Å². The molecule has 3 unspecified atom stereocenters. The molecular weight excluding hydrogens is 929 g/mol. The molecule has 0 aromatic heterocycles. The van der Waals surface area contributed by atoms with E-state index in [9.17, 15) is 0 Å². The molecule has 6 aromatic carbocycles. The van der Waals surface area contributed by atoms with Crippen LogP contribution in [0.15, 0.2) is 133 Å². The average Bonchev–Trinajstić information content (AvgIpc) is 3.83. The molecule has 0 saturated heterocycles. The lowest BCUT2D eigenvalue weighted by atomic mass is 9.70. The van der Waals surface area contributed by atoms with E-state index >= 15 is 0 Å². The minimum absolute atomic E-state index is 0.119. The summed E-state index contributed by atoms with van der Waals surface area (Å²) in [7, 11) is 0. The number of hydrogen-bond donors (Lipinski definition) is 0. The number of anilines is 6. The van der Waals surface area contributed by atoms with Crippen LogP contribution in [0.5, 0.6) is 0 Å². The van der Waals surface area contributed by atoms with Gasteiger partial charge in [0.2, 0.25) is 0 Å². The minimum atomic E-state index is -0.119. The van der Waals surface area contributed by atoms with Crippen molar-refractivity contribution in [2.45, 2.75) is 247 Å². The molecule has 2 heteroatoms. The second kappa shape index (κ2) is 28.7. The Labute approximate surface area is 471 Å². The standard InChI is InChI=1S/C75H104N2/c1-13-22-24-26-28-30-52-75(53-31-29-27-25-23-14-2)72-54-67(76(63-40-32-59(33-41-63)56(10)15-3)65-44-36-61(37-45-65)69(19-7)58(17-5)18-6)48-50-70(72)71-51-49-68(55-73(71)75)77(64-42-34-60(35-43-64)57(11)16-4)66-46-38-62(39-47-66)74(12,20-8)21-9/h32-51,54-58,69H,13-31,52-53H2,1-12H3. The van der Waals surface area contributed by atoms with Crippen LogP contribution in [0.25, 0.3) is 11.1 Å². The van der Waals surface area contributed by atoms with Crippen molar-refractivity contribution in [1.29, 1.82) is 0 Å². The van der Waals surface area contributed by atoms with Crippen LogP contribution in [0.1, 0.15) is 269 Å². The molecule has 1 aliphatic rings. The fourth-order valence-corrected chi connectivity index (χ4v) is 13.3. The van der Waals surface area contributed by atoms with Gasteiger partial charge in [-0.2, -0.15) is 0 Å². The molecule has 0 radical (unpaired) electrons. The minimum Gasteiger partial charge on any atom is -0.310 e. The van der Waals surface area contributed by atoms with Gasteiger partial charge in [0.15, 0.2) is 0 Å². The van der Waals surface area contributed by atoms with Gasteiger partial charge in [0.25, 0.3) is 0 Å². The molecule has 0 saturated carbocycles. The van der Waals surface area contributed by atoms with E-state index in [1.165, 1.54) is 188 Å². The smallest absolute Gasteiger partial charge is 0.0465 e. The number of unbranched alkanes of at least 4 members (excludes halogenated alkanes) is 10. The number of rotatable bonds is 32. The van der Waals surface area contributed by atoms with E-state index in [1.54, 1.807) is 0 Å². The van der Waals surface area contributed by atoms with Crippen molar-refractivity contribution in [3.8, 4) is 11.1 Å². The van der Waals surface area contributed by atoms with E-state index in [4.69, 9.17) is 0 Å². The summed E-state index contributed by atoms with van der Waals surface area (Å²) >= 11 is 0. The zero-order valence-corrected chi connectivity index (χ0v) is 50.8. The van der Waals surface area contributed by atoms with Gasteiger partial charge in [-0.3, -0.25) is 0 Å². The molecule has 2 nitrogen and oxygen atoms in total. The fourth-order valence-electron chi connectivity index (χ4n) is 13.3. The van der Waals surface area contributed by atoms with Gasteiger partial charge < -0.3 is 9.80 Å². The van der Waals surface area contributed by atoms with Gasteiger partial charge in [-0.05, 0) is 191 Å². The number of hydrogen-bond acceptors (Lipinski definition) is 2. The quantitative estimate of drug-likeness (QED) is 0.0389. The van der Waals surface area contributed by atoms with Crippen LogP contribution in [0.4, 0.5) is 34.1 Å². The Morgan fingerprint density at radius 3 is 1.08 bits per heavy atom. The van der Waals surface area contributed by atoms with Crippen LogP contribution in [-0.2, 0) is 10.8 Å². The van der Waals surface area contributed by atoms with Gasteiger partial charge in [0.05, 0.1) is 0 Å². The molecule has 3 atom stereocenters. The second-order valence-electron chi connectivity index (χ2n) is 24.0. The summed E-state index contributed by atoms with van der Waals surface area (Å²) < 4.78 is 0. The Morgan fingerprint density at radius 1 is 0.377 bits per heavy atom. The molecular formula is C75H104N2. The highest BCUT2D eigenvalue weighted by Gasteiger charge is 2.43. The number of benzene rings is 6. The van der Waals surface area contributed by atoms with E-state index < -0.39 is 0 Å². The van der Waals surface area contributed by atoms with Crippen LogP contribution in [0.2, 0.25) is 0 Å². The van der Waals surface area contributed by atoms with Crippen LogP contribution >= 0.6 is 0 Å². The van der Waals surface area contributed by atoms with Gasteiger partial charge >= 0.3 is 0 Å². The molecule has 1 aliphatic carbocycles. The van der Waals surface area contributed by atoms with Crippen molar-refractivity contribution in [2.75, 3.05) is 9.80 Å². The number of fused-ring (bicyclic) bond motifs is 3. The number of nitrogens with zero attached hydrogens (tertiary/aromatic N) is 2. The first kappa shape index (κ1) is 59.6. The van der Waals surface area contributed by atoms with Gasteiger partial charge in [-0.1, -0.05) is 234 Å². The zero-order chi connectivity index (χ0) is 55.0. The summed E-state index contributed by atoms with van der Waals surface area (Å²) in [6, 6.07) is 53.8. The third kappa shape index (κ3) is 13.7. The van der Waals surface area contributed by atoms with Crippen molar-refractivity contribution < 1.29 is 0 Å². The highest BCUT2D eigenvalue weighted by molar-refractivity contribution is 5.88. The summed E-state index contributed by atoms with van der Waals surface area (Å²) in [5.74, 6) is 2.33. The Kier molecular flexibility index (Phi) is 22.2. The first-order valence-corrected chi connectivity index (χ1v) is 31.8. The van der Waals surface area contributed by atoms with Gasteiger partial charge in [0, 0.05) is 39.5 Å². The lowest BCUT2D eigenvalue weighted by Crippen LogP contribution is -2.26. The highest BCUT2D eigenvalue weighted by atomic mass is 15.1. The first-order valence-electron chi connectivity index (χ1n) is 31.8. The topological polar surface area (TPSA) is 6.48 Å². The molecule has 0 fully saturated rings. The summed E-state index contributed by atoms with van der Waals surface area (Å²) in [5, 5.41) is 0. The Bertz CT molecular complexity index is 2650. The Hall–Kier alpha value is -5.08. The molecule has 414 valence electrons. The van der Waals surface area contributed by atoms with Crippen molar-refractivity contribution >= 4 is 34.1 Å². The normalized spacial score (nSPS) is 14.1. The van der Waals surface area contributed by atoms with Crippen molar-refractivity contribution in [3.63, 3.8) is 0 Å². The van der Waals surface area contributed by atoms with Crippen LogP contribution in [0, 0.1) is 5.92 Å². The van der Waals surface area contributed by atoms with E-state index in [0.717, 1.165) is 25.7 Å². The maximum atomic E-state index is 2.67. The molecule has 7 rings (SSSR count).